The van der Waals surface area contributed by atoms with Crippen LogP contribution in [0.5, 0.6) is 0 Å². The molecule has 1 saturated heterocycles. The summed E-state index contributed by atoms with van der Waals surface area (Å²) in [6.45, 7) is 4.93. The van der Waals surface area contributed by atoms with Crippen LogP contribution in [0.15, 0.2) is 0 Å². The SMILES string of the molecule is CC(C)CN(CP(=O)(O)O)C1CCSC1. The van der Waals surface area contributed by atoms with Crippen LogP contribution in [0, 0.1) is 5.92 Å². The first-order valence-electron chi connectivity index (χ1n) is 5.25. The van der Waals surface area contributed by atoms with E-state index in [1.54, 1.807) is 0 Å². The van der Waals surface area contributed by atoms with Gasteiger partial charge in [-0.25, -0.2) is 0 Å². The molecule has 90 valence electrons. The summed E-state index contributed by atoms with van der Waals surface area (Å²) in [5, 5.41) is 0. The van der Waals surface area contributed by atoms with Crippen LogP contribution in [0.25, 0.3) is 0 Å². The van der Waals surface area contributed by atoms with Gasteiger partial charge in [0.15, 0.2) is 0 Å². The van der Waals surface area contributed by atoms with E-state index < -0.39 is 7.60 Å². The Kier molecular flexibility index (Phi) is 5.13. The smallest absolute Gasteiger partial charge is 0.324 e. The maximum atomic E-state index is 11.0. The molecule has 1 rings (SSSR count). The Morgan fingerprint density at radius 3 is 2.60 bits per heavy atom. The van der Waals surface area contributed by atoms with E-state index in [9.17, 15) is 4.57 Å². The van der Waals surface area contributed by atoms with Crippen molar-refractivity contribution in [2.45, 2.75) is 26.3 Å². The summed E-state index contributed by atoms with van der Waals surface area (Å²) in [5.74, 6) is 2.56. The lowest BCUT2D eigenvalue weighted by Crippen LogP contribution is -2.38. The number of nitrogens with zero attached hydrogens (tertiary/aromatic N) is 1. The van der Waals surface area contributed by atoms with Gasteiger partial charge in [0.2, 0.25) is 0 Å². The second-order valence-electron chi connectivity index (χ2n) is 4.49. The molecule has 0 amide bonds. The van der Waals surface area contributed by atoms with Gasteiger partial charge in [-0.1, -0.05) is 13.8 Å². The predicted octanol–water partition coefficient (Wildman–Crippen LogP) is 1.59. The first kappa shape index (κ1) is 13.5. The van der Waals surface area contributed by atoms with E-state index in [0.717, 1.165) is 24.5 Å². The first-order chi connectivity index (χ1) is 6.88. The van der Waals surface area contributed by atoms with Gasteiger partial charge < -0.3 is 9.79 Å². The summed E-state index contributed by atoms with van der Waals surface area (Å²) in [7, 11) is -3.91. The summed E-state index contributed by atoms with van der Waals surface area (Å²) >= 11 is 1.87. The highest BCUT2D eigenvalue weighted by Gasteiger charge is 2.28. The summed E-state index contributed by atoms with van der Waals surface area (Å²) in [6, 6.07) is 0.352. The molecule has 4 nitrogen and oxygen atoms in total. The van der Waals surface area contributed by atoms with Crippen molar-refractivity contribution in [3.8, 4) is 0 Å². The number of hydrogen-bond acceptors (Lipinski definition) is 3. The van der Waals surface area contributed by atoms with E-state index in [2.05, 4.69) is 13.8 Å². The minimum absolute atomic E-state index is 0.0869. The van der Waals surface area contributed by atoms with Crippen LogP contribution in [0.2, 0.25) is 0 Å². The lowest BCUT2D eigenvalue weighted by Gasteiger charge is -2.29. The van der Waals surface area contributed by atoms with Crippen molar-refractivity contribution in [3.05, 3.63) is 0 Å². The molecule has 15 heavy (non-hydrogen) atoms. The Bertz CT molecular complexity index is 238. The standard InChI is InChI=1S/C9H20NO3PS/c1-8(2)5-10(7-14(11,12)13)9-3-4-15-6-9/h8-9H,3-7H2,1-2H3,(H2,11,12,13). The maximum Gasteiger partial charge on any atom is 0.339 e. The average molecular weight is 253 g/mol. The highest BCUT2D eigenvalue weighted by molar-refractivity contribution is 7.99. The molecule has 1 fully saturated rings. The molecule has 1 heterocycles. The Hall–Kier alpha value is 0.460. The van der Waals surface area contributed by atoms with Gasteiger partial charge >= 0.3 is 7.60 Å². The van der Waals surface area contributed by atoms with Crippen LogP contribution >= 0.6 is 19.4 Å². The zero-order valence-electron chi connectivity index (χ0n) is 9.30. The topological polar surface area (TPSA) is 60.8 Å². The molecule has 0 spiro atoms. The third-order valence-corrected chi connectivity index (χ3v) is 4.26. The van der Waals surface area contributed by atoms with Crippen LogP contribution in [0.4, 0.5) is 0 Å². The monoisotopic (exact) mass is 253 g/mol. The molecule has 0 aliphatic carbocycles. The van der Waals surface area contributed by atoms with Gasteiger partial charge in [0.05, 0.1) is 0 Å². The first-order valence-corrected chi connectivity index (χ1v) is 8.20. The Morgan fingerprint density at radius 1 is 1.53 bits per heavy atom. The maximum absolute atomic E-state index is 11.0. The number of hydrogen-bond donors (Lipinski definition) is 2. The number of thioether (sulfide) groups is 1. The van der Waals surface area contributed by atoms with Crippen LogP contribution in [-0.2, 0) is 4.57 Å². The van der Waals surface area contributed by atoms with E-state index in [1.807, 2.05) is 16.7 Å². The molecular formula is C9H20NO3PS. The predicted molar refractivity (Wildman–Crippen MR) is 64.2 cm³/mol. The van der Waals surface area contributed by atoms with Crippen molar-refractivity contribution >= 4 is 19.4 Å². The molecule has 6 heteroatoms. The minimum Gasteiger partial charge on any atom is -0.324 e. The third kappa shape index (κ3) is 5.36. The fraction of sp³-hybridized carbons (Fsp3) is 1.00. The molecule has 0 radical (unpaired) electrons. The molecule has 2 N–H and O–H groups in total. The average Bonchev–Trinajstić information content (AvgIpc) is 2.50. The van der Waals surface area contributed by atoms with E-state index in [1.165, 1.54) is 0 Å². The normalized spacial score (nSPS) is 22.9. The molecule has 0 saturated carbocycles. The van der Waals surface area contributed by atoms with Crippen molar-refractivity contribution in [2.24, 2.45) is 5.92 Å². The summed E-state index contributed by atoms with van der Waals surface area (Å²) in [4.78, 5) is 20.0. The fourth-order valence-corrected chi connectivity index (χ4v) is 3.91. The molecule has 1 atom stereocenters. The van der Waals surface area contributed by atoms with Gasteiger partial charge in [-0.2, -0.15) is 11.8 Å². The Labute approximate surface area is 95.6 Å². The zero-order valence-corrected chi connectivity index (χ0v) is 11.0. The summed E-state index contributed by atoms with van der Waals surface area (Å²) < 4.78 is 11.0. The molecule has 0 aromatic rings. The summed E-state index contributed by atoms with van der Waals surface area (Å²) in [6.07, 6.45) is 0.966. The lowest BCUT2D eigenvalue weighted by molar-refractivity contribution is 0.203. The second kappa shape index (κ2) is 5.69. The van der Waals surface area contributed by atoms with E-state index >= 15 is 0 Å². The lowest BCUT2D eigenvalue weighted by atomic mass is 10.1. The Balaban J connectivity index is 2.55. The molecular weight excluding hydrogens is 233 g/mol. The van der Waals surface area contributed by atoms with Crippen molar-refractivity contribution in [3.63, 3.8) is 0 Å². The molecule has 0 aromatic carbocycles. The van der Waals surface area contributed by atoms with E-state index in [-0.39, 0.29) is 6.29 Å². The molecule has 1 unspecified atom stereocenters. The van der Waals surface area contributed by atoms with Gasteiger partial charge in [0.25, 0.3) is 0 Å². The van der Waals surface area contributed by atoms with Gasteiger partial charge in [-0.3, -0.25) is 9.46 Å². The third-order valence-electron chi connectivity index (χ3n) is 2.39. The molecule has 1 aliphatic rings. The van der Waals surface area contributed by atoms with Crippen molar-refractivity contribution < 1.29 is 14.4 Å². The quantitative estimate of drug-likeness (QED) is 0.728. The van der Waals surface area contributed by atoms with Crippen molar-refractivity contribution in [2.75, 3.05) is 24.3 Å². The molecule has 0 aromatic heterocycles. The van der Waals surface area contributed by atoms with Crippen molar-refractivity contribution in [1.29, 1.82) is 0 Å². The summed E-state index contributed by atoms with van der Waals surface area (Å²) in [5.41, 5.74) is 0. The zero-order chi connectivity index (χ0) is 11.5. The highest BCUT2D eigenvalue weighted by Crippen LogP contribution is 2.37. The van der Waals surface area contributed by atoms with Crippen LogP contribution in [0.1, 0.15) is 20.3 Å². The minimum atomic E-state index is -3.91. The molecule has 0 bridgehead atoms. The largest absolute Gasteiger partial charge is 0.339 e. The number of rotatable bonds is 5. The van der Waals surface area contributed by atoms with Crippen LogP contribution in [-0.4, -0.2) is 45.1 Å². The van der Waals surface area contributed by atoms with Crippen LogP contribution < -0.4 is 0 Å². The van der Waals surface area contributed by atoms with Crippen LogP contribution in [0.3, 0.4) is 0 Å². The van der Waals surface area contributed by atoms with E-state index in [0.29, 0.717) is 12.0 Å². The van der Waals surface area contributed by atoms with Gasteiger partial charge in [0.1, 0.15) is 6.29 Å². The van der Waals surface area contributed by atoms with Gasteiger partial charge in [-0.15, -0.1) is 0 Å². The van der Waals surface area contributed by atoms with Crippen molar-refractivity contribution in [1.82, 2.24) is 4.90 Å². The molecule has 1 aliphatic heterocycles. The van der Waals surface area contributed by atoms with E-state index in [4.69, 9.17) is 9.79 Å². The Morgan fingerprint density at radius 2 is 2.20 bits per heavy atom. The van der Waals surface area contributed by atoms with Gasteiger partial charge in [0, 0.05) is 18.3 Å². The fourth-order valence-electron chi connectivity index (χ4n) is 1.84. The highest BCUT2D eigenvalue weighted by atomic mass is 32.2. The second-order valence-corrected chi connectivity index (χ2v) is 7.25. The van der Waals surface area contributed by atoms with Gasteiger partial charge in [-0.05, 0) is 18.1 Å².